The standard InChI is InChI=1S/C29H27N3O2/c1-21-7-2-4-10-25(21)29(34)32-19-17-31(18-20-32)24-15-13-23(14-16-24)30-28(33)27-12-6-9-22-8-3-5-11-26(22)27/h2-16H,17-20H2,1H3,(H,30,33). The largest absolute Gasteiger partial charge is 0.368 e. The van der Waals surface area contributed by atoms with Crippen LogP contribution >= 0.6 is 0 Å². The number of rotatable bonds is 4. The van der Waals surface area contributed by atoms with E-state index in [0.717, 1.165) is 46.4 Å². The average molecular weight is 450 g/mol. The van der Waals surface area contributed by atoms with Gasteiger partial charge in [-0.05, 0) is 59.7 Å². The number of nitrogens with zero attached hydrogens (tertiary/aromatic N) is 2. The van der Waals surface area contributed by atoms with E-state index in [-0.39, 0.29) is 11.8 Å². The summed E-state index contributed by atoms with van der Waals surface area (Å²) in [5.41, 5.74) is 4.30. The summed E-state index contributed by atoms with van der Waals surface area (Å²) in [6, 6.07) is 29.3. The molecule has 5 nitrogen and oxygen atoms in total. The van der Waals surface area contributed by atoms with Crippen molar-refractivity contribution in [1.29, 1.82) is 0 Å². The topological polar surface area (TPSA) is 52.7 Å². The third-order valence-corrected chi connectivity index (χ3v) is 6.47. The molecule has 34 heavy (non-hydrogen) atoms. The van der Waals surface area contributed by atoms with Crippen LogP contribution in [-0.2, 0) is 0 Å². The van der Waals surface area contributed by atoms with Crippen molar-refractivity contribution in [2.24, 2.45) is 0 Å². The SMILES string of the molecule is Cc1ccccc1C(=O)N1CCN(c2ccc(NC(=O)c3cccc4ccccc34)cc2)CC1. The van der Waals surface area contributed by atoms with Crippen molar-refractivity contribution in [1.82, 2.24) is 4.90 Å². The summed E-state index contributed by atoms with van der Waals surface area (Å²) in [7, 11) is 0. The minimum Gasteiger partial charge on any atom is -0.368 e. The number of aryl methyl sites for hydroxylation is 1. The lowest BCUT2D eigenvalue weighted by Crippen LogP contribution is -2.48. The number of anilines is 2. The molecule has 5 rings (SSSR count). The fraction of sp³-hybridized carbons (Fsp3) is 0.172. The second-order valence-corrected chi connectivity index (χ2v) is 8.62. The number of piperazine rings is 1. The molecule has 170 valence electrons. The Morgan fingerprint density at radius 1 is 0.706 bits per heavy atom. The van der Waals surface area contributed by atoms with E-state index in [1.807, 2.05) is 103 Å². The molecule has 1 heterocycles. The summed E-state index contributed by atoms with van der Waals surface area (Å²) in [4.78, 5) is 30.0. The molecule has 1 aliphatic rings. The molecule has 0 aliphatic carbocycles. The zero-order valence-electron chi connectivity index (χ0n) is 19.2. The summed E-state index contributed by atoms with van der Waals surface area (Å²) >= 11 is 0. The molecular weight excluding hydrogens is 422 g/mol. The second-order valence-electron chi connectivity index (χ2n) is 8.62. The van der Waals surface area contributed by atoms with Crippen molar-refractivity contribution in [2.75, 3.05) is 36.4 Å². The molecule has 0 spiro atoms. The lowest BCUT2D eigenvalue weighted by atomic mass is 10.0. The highest BCUT2D eigenvalue weighted by Crippen LogP contribution is 2.23. The molecule has 1 N–H and O–H groups in total. The number of hydrogen-bond donors (Lipinski definition) is 1. The number of amides is 2. The maximum absolute atomic E-state index is 12.9. The Bertz CT molecular complexity index is 1330. The van der Waals surface area contributed by atoms with Gasteiger partial charge in [0.05, 0.1) is 0 Å². The van der Waals surface area contributed by atoms with Gasteiger partial charge < -0.3 is 15.1 Å². The van der Waals surface area contributed by atoms with Crippen LogP contribution in [0.25, 0.3) is 10.8 Å². The molecule has 0 unspecified atom stereocenters. The predicted molar refractivity (Wildman–Crippen MR) is 138 cm³/mol. The molecule has 1 saturated heterocycles. The van der Waals surface area contributed by atoms with E-state index >= 15 is 0 Å². The molecule has 1 aliphatic heterocycles. The number of hydrogen-bond acceptors (Lipinski definition) is 3. The zero-order valence-corrected chi connectivity index (χ0v) is 19.2. The lowest BCUT2D eigenvalue weighted by Gasteiger charge is -2.36. The molecular formula is C29H27N3O2. The van der Waals surface area contributed by atoms with E-state index in [2.05, 4.69) is 10.2 Å². The first-order chi connectivity index (χ1) is 16.6. The van der Waals surface area contributed by atoms with Crippen LogP contribution in [0.3, 0.4) is 0 Å². The number of nitrogens with one attached hydrogen (secondary N) is 1. The molecule has 0 saturated carbocycles. The highest BCUT2D eigenvalue weighted by molar-refractivity contribution is 6.12. The van der Waals surface area contributed by atoms with Gasteiger partial charge in [0.2, 0.25) is 0 Å². The summed E-state index contributed by atoms with van der Waals surface area (Å²) in [6.45, 7) is 4.90. The maximum Gasteiger partial charge on any atom is 0.256 e. The molecule has 0 atom stereocenters. The van der Waals surface area contributed by atoms with Gasteiger partial charge in [-0.3, -0.25) is 9.59 Å². The van der Waals surface area contributed by atoms with Crippen LogP contribution in [0.1, 0.15) is 26.3 Å². The molecule has 4 aromatic rings. The van der Waals surface area contributed by atoms with Crippen molar-refractivity contribution in [3.63, 3.8) is 0 Å². The van der Waals surface area contributed by atoms with Gasteiger partial charge in [0.1, 0.15) is 0 Å². The van der Waals surface area contributed by atoms with Crippen LogP contribution in [0.5, 0.6) is 0 Å². The Hall–Kier alpha value is -4.12. The van der Waals surface area contributed by atoms with E-state index in [9.17, 15) is 9.59 Å². The lowest BCUT2D eigenvalue weighted by molar-refractivity contribution is 0.0746. The fourth-order valence-corrected chi connectivity index (χ4v) is 4.53. The van der Waals surface area contributed by atoms with Gasteiger partial charge in [-0.25, -0.2) is 0 Å². The van der Waals surface area contributed by atoms with Crippen molar-refractivity contribution >= 4 is 34.0 Å². The van der Waals surface area contributed by atoms with E-state index < -0.39 is 0 Å². The average Bonchev–Trinajstić information content (AvgIpc) is 2.89. The van der Waals surface area contributed by atoms with Crippen LogP contribution < -0.4 is 10.2 Å². The normalized spacial score (nSPS) is 13.7. The van der Waals surface area contributed by atoms with Crippen molar-refractivity contribution < 1.29 is 9.59 Å². The van der Waals surface area contributed by atoms with Crippen LogP contribution in [0.15, 0.2) is 91.0 Å². The first-order valence-electron chi connectivity index (χ1n) is 11.6. The Morgan fingerprint density at radius 2 is 1.35 bits per heavy atom. The maximum atomic E-state index is 12.9. The molecule has 2 amide bonds. The summed E-state index contributed by atoms with van der Waals surface area (Å²) in [5.74, 6) is -0.0165. The highest BCUT2D eigenvalue weighted by Gasteiger charge is 2.23. The Kier molecular flexibility index (Phi) is 6.00. The number of carbonyl (C=O) groups excluding carboxylic acids is 2. The Balaban J connectivity index is 1.22. The van der Waals surface area contributed by atoms with Crippen molar-refractivity contribution in [3.8, 4) is 0 Å². The predicted octanol–water partition coefficient (Wildman–Crippen LogP) is 5.36. The Morgan fingerprint density at radius 3 is 2.12 bits per heavy atom. The molecule has 0 aromatic heterocycles. The summed E-state index contributed by atoms with van der Waals surface area (Å²) < 4.78 is 0. The summed E-state index contributed by atoms with van der Waals surface area (Å²) in [6.07, 6.45) is 0. The van der Waals surface area contributed by atoms with Crippen LogP contribution in [-0.4, -0.2) is 42.9 Å². The van der Waals surface area contributed by atoms with Crippen LogP contribution in [0, 0.1) is 6.92 Å². The number of carbonyl (C=O) groups is 2. The number of benzene rings is 4. The summed E-state index contributed by atoms with van der Waals surface area (Å²) in [5, 5.41) is 5.00. The fourth-order valence-electron chi connectivity index (χ4n) is 4.53. The van der Waals surface area contributed by atoms with Gasteiger partial charge in [-0.1, -0.05) is 54.6 Å². The third kappa shape index (κ3) is 4.37. The molecule has 0 bridgehead atoms. The molecule has 4 aromatic carbocycles. The second kappa shape index (κ2) is 9.40. The van der Waals surface area contributed by atoms with Gasteiger partial charge >= 0.3 is 0 Å². The molecule has 5 heteroatoms. The Labute approximate surface area is 199 Å². The van der Waals surface area contributed by atoms with Gasteiger partial charge in [0.25, 0.3) is 11.8 Å². The van der Waals surface area contributed by atoms with Crippen molar-refractivity contribution in [3.05, 3.63) is 108 Å². The van der Waals surface area contributed by atoms with Gasteiger partial charge in [0.15, 0.2) is 0 Å². The molecule has 0 radical (unpaired) electrons. The van der Waals surface area contributed by atoms with E-state index in [1.54, 1.807) is 0 Å². The van der Waals surface area contributed by atoms with E-state index in [4.69, 9.17) is 0 Å². The monoisotopic (exact) mass is 449 g/mol. The smallest absolute Gasteiger partial charge is 0.256 e. The van der Waals surface area contributed by atoms with Gasteiger partial charge in [0, 0.05) is 48.7 Å². The van der Waals surface area contributed by atoms with E-state index in [0.29, 0.717) is 18.7 Å². The molecule has 1 fully saturated rings. The third-order valence-electron chi connectivity index (χ3n) is 6.47. The highest BCUT2D eigenvalue weighted by atomic mass is 16.2. The zero-order chi connectivity index (χ0) is 23.5. The first kappa shape index (κ1) is 21.7. The van der Waals surface area contributed by atoms with Crippen LogP contribution in [0.2, 0.25) is 0 Å². The van der Waals surface area contributed by atoms with Gasteiger partial charge in [-0.2, -0.15) is 0 Å². The van der Waals surface area contributed by atoms with Crippen molar-refractivity contribution in [2.45, 2.75) is 6.92 Å². The minimum atomic E-state index is -0.118. The number of fused-ring (bicyclic) bond motifs is 1. The van der Waals surface area contributed by atoms with Crippen LogP contribution in [0.4, 0.5) is 11.4 Å². The minimum absolute atomic E-state index is 0.101. The quantitative estimate of drug-likeness (QED) is 0.456. The first-order valence-corrected chi connectivity index (χ1v) is 11.6. The van der Waals surface area contributed by atoms with Gasteiger partial charge in [-0.15, -0.1) is 0 Å². The van der Waals surface area contributed by atoms with E-state index in [1.165, 1.54) is 0 Å².